The van der Waals surface area contributed by atoms with E-state index in [0.717, 1.165) is 0 Å². The second-order valence-corrected chi connectivity index (χ2v) is 18.3. The Morgan fingerprint density at radius 2 is 0.769 bits per heavy atom. The quantitative estimate of drug-likeness (QED) is 0.158. The van der Waals surface area contributed by atoms with Crippen LogP contribution in [-0.2, 0) is 17.1 Å². The summed E-state index contributed by atoms with van der Waals surface area (Å²) in [7, 11) is 0. The summed E-state index contributed by atoms with van der Waals surface area (Å²) in [5.41, 5.74) is 0.546. The van der Waals surface area contributed by atoms with Crippen molar-refractivity contribution in [1.82, 2.24) is 0 Å². The van der Waals surface area contributed by atoms with Gasteiger partial charge in [0.25, 0.3) is 0 Å². The van der Waals surface area contributed by atoms with Gasteiger partial charge in [0.2, 0.25) is 0 Å². The van der Waals surface area contributed by atoms with Crippen molar-refractivity contribution in [2.24, 2.45) is 0 Å². The molecule has 0 unspecified atom stereocenters. The number of hydrogen-bond donors (Lipinski definition) is 2. The molecule has 199 valence electrons. The summed E-state index contributed by atoms with van der Waals surface area (Å²) in [5.74, 6) is 0. The molecule has 39 heavy (non-hydrogen) atoms. The van der Waals surface area contributed by atoms with Gasteiger partial charge in [0.15, 0.2) is 0 Å². The van der Waals surface area contributed by atoms with Crippen molar-refractivity contribution in [3.8, 4) is 0 Å². The van der Waals surface area contributed by atoms with Crippen LogP contribution in [0.15, 0.2) is 176 Å². The average Bonchev–Trinajstić information content (AvgIpc) is 3.75. The monoisotopic (exact) mass is 661 g/mol. The number of benzene rings is 4. The molecule has 0 aromatic heterocycles. The van der Waals surface area contributed by atoms with Crippen molar-refractivity contribution < 1.29 is 27.3 Å². The summed E-state index contributed by atoms with van der Waals surface area (Å²) >= 11 is -3.17. The van der Waals surface area contributed by atoms with E-state index in [1.807, 2.05) is 30.3 Å². The molecule has 0 bridgehead atoms. The Labute approximate surface area is 246 Å². The van der Waals surface area contributed by atoms with Gasteiger partial charge in [-0.15, -0.1) is 5.56 Å². The first-order valence-electron chi connectivity index (χ1n) is 12.6. The molecule has 2 N–H and O–H groups in total. The van der Waals surface area contributed by atoms with Gasteiger partial charge >= 0.3 is 154 Å². The van der Waals surface area contributed by atoms with Crippen molar-refractivity contribution in [3.05, 3.63) is 181 Å². The molecule has 4 heteroatoms. The van der Waals surface area contributed by atoms with Gasteiger partial charge in [-0.05, 0) is 0 Å². The fourth-order valence-corrected chi connectivity index (χ4v) is 16.6. The maximum atomic E-state index is 8.47. The Morgan fingerprint density at radius 3 is 0.974 bits per heavy atom. The summed E-state index contributed by atoms with van der Waals surface area (Å²) in [4.78, 5) is 0. The Kier molecular flexibility index (Phi) is 12.5. The summed E-state index contributed by atoms with van der Waals surface area (Å²) in [6, 6.07) is 61.2. The molecule has 0 aliphatic carbocycles. The molecule has 0 fully saturated rings. The minimum atomic E-state index is -3.17. The van der Waals surface area contributed by atoms with Crippen LogP contribution in [0.1, 0.15) is 11.9 Å². The first kappa shape index (κ1) is 30.4. The Morgan fingerprint density at radius 1 is 0.462 bits per heavy atom. The molecule has 6 aromatic carbocycles. The second-order valence-electron chi connectivity index (χ2n) is 8.57. The first-order chi connectivity index (χ1) is 18.7. The molecular formula is C35H32FeO2Sb-2. The molecular weight excluding hydrogens is 630 g/mol. The van der Waals surface area contributed by atoms with E-state index in [1.54, 1.807) is 24.3 Å². The molecule has 1 radical (unpaired) electrons. The van der Waals surface area contributed by atoms with Crippen molar-refractivity contribution in [2.75, 3.05) is 0 Å². The SMILES string of the molecule is OC(O)[c-]1cccc1.[Fe].c1cc[cH-]c1.c1cc[c]([Sb]([c]2ccccc2)([c]2ccccc2)[c]2ccccc2)cc1. The van der Waals surface area contributed by atoms with Gasteiger partial charge in [-0.3, -0.25) is 0 Å². The molecule has 0 spiro atoms. The fourth-order valence-electron chi connectivity index (χ4n) is 4.38. The second kappa shape index (κ2) is 16.1. The molecule has 0 saturated heterocycles. The van der Waals surface area contributed by atoms with Gasteiger partial charge in [0.05, 0.1) is 0 Å². The van der Waals surface area contributed by atoms with Gasteiger partial charge in [0.1, 0.15) is 6.29 Å². The first-order valence-corrected chi connectivity index (χ1v) is 17.7. The van der Waals surface area contributed by atoms with E-state index >= 15 is 0 Å². The molecule has 0 heterocycles. The van der Waals surface area contributed by atoms with E-state index in [4.69, 9.17) is 10.2 Å². The van der Waals surface area contributed by atoms with Crippen molar-refractivity contribution in [1.29, 1.82) is 0 Å². The molecule has 0 atom stereocenters. The third-order valence-electron chi connectivity index (χ3n) is 6.12. The van der Waals surface area contributed by atoms with Crippen LogP contribution in [0, 0.1) is 0 Å². The summed E-state index contributed by atoms with van der Waals surface area (Å²) in [5, 5.41) is 16.9. The third kappa shape index (κ3) is 7.93. The van der Waals surface area contributed by atoms with E-state index in [0.29, 0.717) is 5.56 Å². The molecule has 0 saturated carbocycles. The molecule has 0 amide bonds. The topological polar surface area (TPSA) is 40.5 Å². The summed E-state index contributed by atoms with van der Waals surface area (Å²) in [6.45, 7) is 0. The van der Waals surface area contributed by atoms with Crippen molar-refractivity contribution in [3.63, 3.8) is 0 Å². The molecule has 6 aromatic rings. The zero-order valence-corrected chi connectivity index (χ0v) is 25.2. The molecule has 2 nitrogen and oxygen atoms in total. The maximum absolute atomic E-state index is 8.47. The summed E-state index contributed by atoms with van der Waals surface area (Å²) < 4.78 is 5.91. The van der Waals surface area contributed by atoms with Crippen LogP contribution in [0.5, 0.6) is 0 Å². The van der Waals surface area contributed by atoms with E-state index in [-0.39, 0.29) is 17.1 Å². The van der Waals surface area contributed by atoms with Gasteiger partial charge in [-0.2, -0.15) is 30.3 Å². The van der Waals surface area contributed by atoms with Crippen molar-refractivity contribution in [2.45, 2.75) is 6.29 Å². The zero-order valence-electron chi connectivity index (χ0n) is 21.5. The van der Waals surface area contributed by atoms with Gasteiger partial charge in [-0.1, -0.05) is 0 Å². The Hall–Kier alpha value is -3.16. The number of rotatable bonds is 5. The number of aliphatic hydroxyl groups excluding tert-OH is 1. The van der Waals surface area contributed by atoms with Gasteiger partial charge in [-0.25, -0.2) is 24.3 Å². The van der Waals surface area contributed by atoms with Gasteiger partial charge < -0.3 is 10.2 Å². The molecule has 0 aliphatic heterocycles. The molecule has 0 aliphatic rings. The van der Waals surface area contributed by atoms with Crippen LogP contribution in [0.2, 0.25) is 0 Å². The number of hydrogen-bond acceptors (Lipinski definition) is 2. The average molecular weight is 662 g/mol. The fraction of sp³-hybridized carbons (Fsp3) is 0.0286. The predicted octanol–water partition coefficient (Wildman–Crippen LogP) is 4.86. The standard InChI is InChI=1S/C6H7O2.4C6H5.C5H5.Fe.Sb/c7-6(8)5-3-1-2-4-5;4*1-2-4-6-5-3-1;1-2-4-5-3-1;;/h1-4,6-8H;4*1-5H;1-5H;;/q-1;;;;;-1;;. The summed E-state index contributed by atoms with van der Waals surface area (Å²) in [6.07, 6.45) is -1.31. The molecule has 6 rings (SSSR count). The Balaban J connectivity index is 0.000000247. The van der Waals surface area contributed by atoms with Crippen LogP contribution < -0.4 is 14.0 Å². The van der Waals surface area contributed by atoms with Crippen molar-refractivity contribution >= 4 is 32.8 Å². The normalized spacial score (nSPS) is 10.3. The van der Waals surface area contributed by atoms with Crippen LogP contribution in [0.4, 0.5) is 0 Å². The number of aliphatic hydroxyl groups is 2. The van der Waals surface area contributed by atoms with E-state index in [1.165, 1.54) is 14.0 Å². The van der Waals surface area contributed by atoms with Gasteiger partial charge in [0, 0.05) is 17.1 Å². The van der Waals surface area contributed by atoms with E-state index in [2.05, 4.69) is 121 Å². The van der Waals surface area contributed by atoms with Crippen LogP contribution in [0.25, 0.3) is 0 Å². The zero-order chi connectivity index (χ0) is 26.5. The van der Waals surface area contributed by atoms with E-state index in [9.17, 15) is 0 Å². The van der Waals surface area contributed by atoms with E-state index < -0.39 is 25.1 Å². The minimum absolute atomic E-state index is 0. The van der Waals surface area contributed by atoms with Crippen LogP contribution in [-0.4, -0.2) is 29.0 Å². The Bertz CT molecular complexity index is 1220. The van der Waals surface area contributed by atoms with Crippen LogP contribution in [0.3, 0.4) is 0 Å². The predicted molar refractivity (Wildman–Crippen MR) is 161 cm³/mol. The van der Waals surface area contributed by atoms with Crippen LogP contribution >= 0.6 is 0 Å². The third-order valence-corrected chi connectivity index (χ3v) is 18.4.